The maximum Gasteiger partial charge on any atom is 0.373 e. The summed E-state index contributed by atoms with van der Waals surface area (Å²) >= 11 is 0. The van der Waals surface area contributed by atoms with Gasteiger partial charge in [0.1, 0.15) is 11.5 Å². The number of anilines is 1. The van der Waals surface area contributed by atoms with Crippen molar-refractivity contribution < 1.29 is 14.3 Å². The average Bonchev–Trinajstić information content (AvgIpc) is 3.22. The summed E-state index contributed by atoms with van der Waals surface area (Å²) in [4.78, 5) is 21.2. The number of hydrogen-bond acceptors (Lipinski definition) is 6. The molecule has 0 spiro atoms. The smallest absolute Gasteiger partial charge is 0.373 e. The normalized spacial score (nSPS) is 10.1. The van der Waals surface area contributed by atoms with Crippen LogP contribution in [-0.2, 0) is 9.59 Å². The van der Waals surface area contributed by atoms with Crippen molar-refractivity contribution in [3.63, 3.8) is 0 Å². The van der Waals surface area contributed by atoms with Gasteiger partial charge in [0.2, 0.25) is 0 Å². The number of aromatic amines is 1. The molecule has 0 aliphatic rings. The van der Waals surface area contributed by atoms with Gasteiger partial charge in [0.05, 0.1) is 22.3 Å². The van der Waals surface area contributed by atoms with Crippen molar-refractivity contribution in [2.45, 2.75) is 0 Å². The van der Waals surface area contributed by atoms with Crippen LogP contribution in [0.2, 0.25) is 0 Å². The zero-order valence-corrected chi connectivity index (χ0v) is 16.9. The number of nitrogens with zero attached hydrogens (tertiary/aromatic N) is 2. The number of ether oxygens (including phenoxy) is 1. The number of para-hydroxylation sites is 1. The van der Waals surface area contributed by atoms with Gasteiger partial charge in [-0.25, -0.2) is 4.98 Å². The Morgan fingerprint density at radius 1 is 0.781 bits per heavy atom. The molecule has 0 fully saturated rings. The molecule has 0 aliphatic carbocycles. The van der Waals surface area contributed by atoms with E-state index < -0.39 is 0 Å². The highest BCUT2D eigenvalue weighted by Gasteiger charge is 2.15. The number of pyridine rings is 1. The van der Waals surface area contributed by atoms with Crippen LogP contribution >= 0.6 is 0 Å². The molecule has 0 bridgehead atoms. The highest BCUT2D eigenvalue weighted by atomic mass is 16.5. The summed E-state index contributed by atoms with van der Waals surface area (Å²) in [6.07, 6.45) is 0.250. The number of nitrogens with two attached hydrogens (primary N) is 1. The van der Waals surface area contributed by atoms with Gasteiger partial charge in [-0.3, -0.25) is 5.10 Å². The summed E-state index contributed by atoms with van der Waals surface area (Å²) in [5.74, 6) is 1.99. The minimum Gasteiger partial charge on any atom is -0.457 e. The number of aromatic nitrogens is 3. The van der Waals surface area contributed by atoms with Crippen molar-refractivity contribution in [2.75, 3.05) is 5.73 Å². The lowest BCUT2D eigenvalue weighted by molar-refractivity contribution is -0.191. The zero-order chi connectivity index (χ0) is 22.3. The van der Waals surface area contributed by atoms with Gasteiger partial charge in [0.25, 0.3) is 0 Å². The molecule has 7 heteroatoms. The third-order valence-electron chi connectivity index (χ3n) is 4.75. The highest BCUT2D eigenvalue weighted by Crippen LogP contribution is 2.34. The number of H-pyrrole nitrogens is 1. The fourth-order valence-electron chi connectivity index (χ4n) is 3.34. The summed E-state index contributed by atoms with van der Waals surface area (Å²) in [5.41, 5.74) is 10.6. The largest absolute Gasteiger partial charge is 0.457 e. The maximum atomic E-state index is 8.12. The zero-order valence-electron chi connectivity index (χ0n) is 16.9. The minimum atomic E-state index is 0.250. The van der Waals surface area contributed by atoms with Gasteiger partial charge >= 0.3 is 6.15 Å². The number of fused-ring (bicyclic) bond motifs is 1. The van der Waals surface area contributed by atoms with Crippen LogP contribution in [0, 0.1) is 0 Å². The van der Waals surface area contributed by atoms with Gasteiger partial charge in [-0.05, 0) is 42.5 Å². The lowest BCUT2D eigenvalue weighted by Crippen LogP contribution is -1.93. The number of rotatable bonds is 4. The van der Waals surface area contributed by atoms with Crippen LogP contribution < -0.4 is 10.5 Å². The first kappa shape index (κ1) is 20.5. The minimum absolute atomic E-state index is 0.250. The van der Waals surface area contributed by atoms with Crippen molar-refractivity contribution in [3.05, 3.63) is 91.0 Å². The molecule has 0 unspecified atom stereocenters. The fourth-order valence-corrected chi connectivity index (χ4v) is 3.34. The first-order chi connectivity index (χ1) is 15.7. The first-order valence-corrected chi connectivity index (χ1v) is 9.72. The Bertz CT molecular complexity index is 1360. The van der Waals surface area contributed by atoms with Gasteiger partial charge < -0.3 is 10.5 Å². The van der Waals surface area contributed by atoms with E-state index in [4.69, 9.17) is 25.0 Å². The topological polar surface area (TPSA) is 111 Å². The molecule has 0 aliphatic heterocycles. The van der Waals surface area contributed by atoms with E-state index in [1.807, 2.05) is 91.0 Å². The number of nitrogen functional groups attached to an aromatic ring is 1. The second-order valence-electron chi connectivity index (χ2n) is 6.78. The Hall–Kier alpha value is -4.74. The second kappa shape index (κ2) is 9.38. The molecule has 0 saturated carbocycles. The Kier molecular flexibility index (Phi) is 6.02. The molecule has 156 valence electrons. The molecule has 2 heterocycles. The number of carbonyl (C=O) groups excluding carboxylic acids is 2. The Morgan fingerprint density at radius 3 is 2.03 bits per heavy atom. The van der Waals surface area contributed by atoms with Crippen molar-refractivity contribution in [1.82, 2.24) is 15.2 Å². The summed E-state index contributed by atoms with van der Waals surface area (Å²) in [7, 11) is 0. The molecule has 2 aromatic heterocycles. The fraction of sp³-hybridized carbons (Fsp3) is 0. The van der Waals surface area contributed by atoms with E-state index >= 15 is 0 Å². The van der Waals surface area contributed by atoms with E-state index in [0.717, 1.165) is 44.9 Å². The van der Waals surface area contributed by atoms with Gasteiger partial charge in [0, 0.05) is 11.1 Å². The molecule has 0 atom stereocenters. The van der Waals surface area contributed by atoms with Crippen LogP contribution in [0.3, 0.4) is 0 Å². The van der Waals surface area contributed by atoms with E-state index in [-0.39, 0.29) is 6.15 Å². The summed E-state index contributed by atoms with van der Waals surface area (Å²) in [6, 6.07) is 29.6. The van der Waals surface area contributed by atoms with Crippen molar-refractivity contribution >= 4 is 22.9 Å². The molecular formula is C25H18N4O3. The lowest BCUT2D eigenvalue weighted by Gasteiger charge is -2.09. The van der Waals surface area contributed by atoms with Gasteiger partial charge in [-0.15, -0.1) is 0 Å². The van der Waals surface area contributed by atoms with E-state index in [1.54, 1.807) is 0 Å². The molecule has 3 N–H and O–H groups in total. The van der Waals surface area contributed by atoms with E-state index in [9.17, 15) is 0 Å². The van der Waals surface area contributed by atoms with Crippen molar-refractivity contribution in [3.8, 4) is 34.0 Å². The van der Waals surface area contributed by atoms with Crippen LogP contribution in [0.25, 0.3) is 33.4 Å². The quantitative estimate of drug-likeness (QED) is 0.418. The van der Waals surface area contributed by atoms with E-state index in [2.05, 4.69) is 10.2 Å². The third-order valence-corrected chi connectivity index (χ3v) is 4.75. The number of nitrogens with one attached hydrogen (secondary N) is 1. The Morgan fingerprint density at radius 2 is 1.38 bits per heavy atom. The monoisotopic (exact) mass is 422 g/mol. The molecule has 5 rings (SSSR count). The molecular weight excluding hydrogens is 404 g/mol. The maximum absolute atomic E-state index is 8.12. The highest BCUT2D eigenvalue weighted by molar-refractivity contribution is 6.01. The second-order valence-corrected chi connectivity index (χ2v) is 6.78. The number of hydrogen-bond donors (Lipinski definition) is 2. The van der Waals surface area contributed by atoms with Crippen LogP contribution in [0.1, 0.15) is 0 Å². The molecule has 32 heavy (non-hydrogen) atoms. The van der Waals surface area contributed by atoms with Crippen molar-refractivity contribution in [1.29, 1.82) is 0 Å². The van der Waals surface area contributed by atoms with Crippen LogP contribution in [-0.4, -0.2) is 21.3 Å². The molecule has 5 aromatic rings. The van der Waals surface area contributed by atoms with Gasteiger partial charge in [-0.2, -0.15) is 14.7 Å². The van der Waals surface area contributed by atoms with E-state index in [1.165, 1.54) is 0 Å². The molecule has 0 amide bonds. The van der Waals surface area contributed by atoms with Crippen molar-refractivity contribution in [2.24, 2.45) is 0 Å². The Balaban J connectivity index is 0.000000775. The van der Waals surface area contributed by atoms with Crippen LogP contribution in [0.15, 0.2) is 91.0 Å². The molecule has 3 aromatic carbocycles. The Labute approximate surface area is 183 Å². The third kappa shape index (κ3) is 4.38. The standard InChI is InChI=1S/C24H18N4O.CO2/c25-24-22-21(27-28-24)15-20(16-7-3-1-4-8-16)26-23(22)17-11-13-19(14-12-17)29-18-9-5-2-6-10-18;2-1-3/h1-15H,(H3,25,27,28);. The average molecular weight is 422 g/mol. The predicted molar refractivity (Wildman–Crippen MR) is 121 cm³/mol. The van der Waals surface area contributed by atoms with Gasteiger partial charge in [-0.1, -0.05) is 48.5 Å². The first-order valence-electron chi connectivity index (χ1n) is 9.72. The van der Waals surface area contributed by atoms with Crippen LogP contribution in [0.4, 0.5) is 5.82 Å². The SMILES string of the molecule is Nc1n[nH]c2cc(-c3ccccc3)nc(-c3ccc(Oc4ccccc4)cc3)c12.O=C=O. The molecule has 0 saturated heterocycles. The summed E-state index contributed by atoms with van der Waals surface area (Å²) in [5, 5.41) is 8.01. The predicted octanol–water partition coefficient (Wildman–Crippen LogP) is 5.08. The van der Waals surface area contributed by atoms with Gasteiger partial charge in [0.15, 0.2) is 5.82 Å². The van der Waals surface area contributed by atoms with Crippen LogP contribution in [0.5, 0.6) is 11.5 Å². The van der Waals surface area contributed by atoms with E-state index in [0.29, 0.717) is 5.82 Å². The summed E-state index contributed by atoms with van der Waals surface area (Å²) < 4.78 is 5.89. The summed E-state index contributed by atoms with van der Waals surface area (Å²) in [6.45, 7) is 0. The lowest BCUT2D eigenvalue weighted by atomic mass is 10.0. The molecule has 7 nitrogen and oxygen atoms in total. The number of benzene rings is 3. The molecule has 0 radical (unpaired) electrons.